The number of rotatable bonds is 4. The van der Waals surface area contributed by atoms with Gasteiger partial charge in [-0.2, -0.15) is 0 Å². The fourth-order valence-electron chi connectivity index (χ4n) is 2.27. The molecule has 6 heteroatoms. The van der Waals surface area contributed by atoms with Crippen LogP contribution in [0, 0.1) is 5.82 Å². The van der Waals surface area contributed by atoms with Gasteiger partial charge in [0.25, 0.3) is 0 Å². The van der Waals surface area contributed by atoms with Crippen molar-refractivity contribution in [2.75, 3.05) is 19.8 Å². The van der Waals surface area contributed by atoms with Crippen molar-refractivity contribution in [2.24, 2.45) is 0 Å². The highest BCUT2D eigenvalue weighted by Crippen LogP contribution is 2.17. The first kappa shape index (κ1) is 14.9. The molecule has 1 aliphatic heterocycles. The lowest BCUT2D eigenvalue weighted by Gasteiger charge is -2.37. The Kier molecular flexibility index (Phi) is 4.69. The fraction of sp³-hybridized carbons (Fsp3) is 0.500. The zero-order chi connectivity index (χ0) is 14.7. The number of carbonyl (C=O) groups is 1. The highest BCUT2D eigenvalue weighted by molar-refractivity contribution is 5.87. The van der Waals surface area contributed by atoms with Crippen LogP contribution in [0.3, 0.4) is 0 Å². The topological polar surface area (TPSA) is 70.0 Å². The molecule has 1 fully saturated rings. The lowest BCUT2D eigenvalue weighted by Crippen LogP contribution is -2.48. The van der Waals surface area contributed by atoms with Gasteiger partial charge in [0.2, 0.25) is 0 Å². The maximum atomic E-state index is 13.6. The Bertz CT molecular complexity index is 494. The quantitative estimate of drug-likeness (QED) is 0.866. The third kappa shape index (κ3) is 3.33. The summed E-state index contributed by atoms with van der Waals surface area (Å²) < 4.78 is 19.1. The van der Waals surface area contributed by atoms with Crippen LogP contribution in [0.25, 0.3) is 0 Å². The molecule has 1 heterocycles. The minimum absolute atomic E-state index is 0.0461. The Balaban J connectivity index is 2.09. The molecule has 2 atom stereocenters. The van der Waals surface area contributed by atoms with Gasteiger partial charge in [0, 0.05) is 19.1 Å². The van der Waals surface area contributed by atoms with Crippen LogP contribution in [-0.4, -0.2) is 53.0 Å². The molecule has 5 nitrogen and oxygen atoms in total. The maximum Gasteiger partial charge on any atom is 0.338 e. The number of carboxylic acid groups (broad SMARTS) is 1. The maximum absolute atomic E-state index is 13.6. The summed E-state index contributed by atoms with van der Waals surface area (Å²) in [5.74, 6) is -2.00. The molecule has 1 aromatic carbocycles. The Morgan fingerprint density at radius 1 is 1.55 bits per heavy atom. The summed E-state index contributed by atoms with van der Waals surface area (Å²) in [6.07, 6.45) is -0.227. The van der Waals surface area contributed by atoms with E-state index in [9.17, 15) is 9.18 Å². The third-order valence-corrected chi connectivity index (χ3v) is 3.49. The van der Waals surface area contributed by atoms with Crippen molar-refractivity contribution < 1.29 is 24.1 Å². The second-order valence-corrected chi connectivity index (χ2v) is 5.04. The van der Waals surface area contributed by atoms with E-state index in [1.54, 1.807) is 6.07 Å². The van der Waals surface area contributed by atoms with Gasteiger partial charge in [0.05, 0.1) is 24.9 Å². The average molecular weight is 283 g/mol. The van der Waals surface area contributed by atoms with Gasteiger partial charge < -0.3 is 14.9 Å². The van der Waals surface area contributed by atoms with Gasteiger partial charge in [0.15, 0.2) is 0 Å². The molecule has 20 heavy (non-hydrogen) atoms. The molecule has 1 aromatic rings. The third-order valence-electron chi connectivity index (χ3n) is 3.49. The monoisotopic (exact) mass is 283 g/mol. The van der Waals surface area contributed by atoms with Crippen molar-refractivity contribution in [3.8, 4) is 0 Å². The first-order valence-corrected chi connectivity index (χ1v) is 6.49. The zero-order valence-electron chi connectivity index (χ0n) is 11.3. The Morgan fingerprint density at radius 2 is 2.30 bits per heavy atom. The fourth-order valence-corrected chi connectivity index (χ4v) is 2.27. The van der Waals surface area contributed by atoms with E-state index in [4.69, 9.17) is 14.9 Å². The van der Waals surface area contributed by atoms with Crippen molar-refractivity contribution in [1.29, 1.82) is 0 Å². The van der Waals surface area contributed by atoms with Crippen LogP contribution in [0.2, 0.25) is 0 Å². The van der Waals surface area contributed by atoms with E-state index in [2.05, 4.69) is 4.90 Å². The first-order chi connectivity index (χ1) is 9.51. The molecule has 1 aliphatic rings. The van der Waals surface area contributed by atoms with Gasteiger partial charge in [0.1, 0.15) is 5.82 Å². The summed E-state index contributed by atoms with van der Waals surface area (Å²) in [6.45, 7) is 3.53. The van der Waals surface area contributed by atoms with Crippen molar-refractivity contribution in [3.05, 3.63) is 35.1 Å². The van der Waals surface area contributed by atoms with Gasteiger partial charge in [-0.15, -0.1) is 0 Å². The number of halogens is 1. The number of hydrogen-bond donors (Lipinski definition) is 2. The number of nitrogens with zero attached hydrogens (tertiary/aromatic N) is 1. The standard InChI is InChI=1S/C14H18FNO4/c1-9-8-20-11(7-17)6-16(9)5-10-2-3-12(14(18)19)13(15)4-10/h2-4,9,11,17H,5-8H2,1H3,(H,18,19). The molecule has 110 valence electrons. The van der Waals surface area contributed by atoms with Gasteiger partial charge in [-0.3, -0.25) is 4.90 Å². The Labute approximate surface area is 116 Å². The van der Waals surface area contributed by atoms with Crippen molar-refractivity contribution in [1.82, 2.24) is 4.90 Å². The van der Waals surface area contributed by atoms with E-state index in [0.29, 0.717) is 25.3 Å². The molecule has 2 N–H and O–H groups in total. The van der Waals surface area contributed by atoms with Crippen LogP contribution >= 0.6 is 0 Å². The number of aliphatic hydroxyl groups is 1. The van der Waals surface area contributed by atoms with E-state index >= 15 is 0 Å². The number of morpholine rings is 1. The molecule has 0 bridgehead atoms. The number of aromatic carboxylic acids is 1. The number of benzene rings is 1. The van der Waals surface area contributed by atoms with E-state index in [1.807, 2.05) is 6.92 Å². The van der Waals surface area contributed by atoms with Crippen LogP contribution in [0.15, 0.2) is 18.2 Å². The Morgan fingerprint density at radius 3 is 2.90 bits per heavy atom. The predicted octanol–water partition coefficient (Wildman–Crippen LogP) is 1.11. The minimum Gasteiger partial charge on any atom is -0.478 e. The second kappa shape index (κ2) is 6.30. The van der Waals surface area contributed by atoms with Crippen molar-refractivity contribution in [3.63, 3.8) is 0 Å². The molecule has 0 saturated carbocycles. The summed E-state index contributed by atoms with van der Waals surface area (Å²) in [7, 11) is 0. The van der Waals surface area contributed by atoms with Crippen LogP contribution in [0.4, 0.5) is 4.39 Å². The van der Waals surface area contributed by atoms with Crippen molar-refractivity contribution in [2.45, 2.75) is 25.6 Å². The molecule has 0 aliphatic carbocycles. The molecule has 0 spiro atoms. The number of ether oxygens (including phenoxy) is 1. The Hall–Kier alpha value is -1.50. The molecule has 0 radical (unpaired) electrons. The first-order valence-electron chi connectivity index (χ1n) is 6.49. The predicted molar refractivity (Wildman–Crippen MR) is 70.1 cm³/mol. The summed E-state index contributed by atoms with van der Waals surface area (Å²) >= 11 is 0. The van der Waals surface area contributed by atoms with Gasteiger partial charge >= 0.3 is 5.97 Å². The van der Waals surface area contributed by atoms with Crippen LogP contribution < -0.4 is 0 Å². The largest absolute Gasteiger partial charge is 0.478 e. The molecular formula is C14H18FNO4. The number of aliphatic hydroxyl groups excluding tert-OH is 1. The van der Waals surface area contributed by atoms with Crippen LogP contribution in [-0.2, 0) is 11.3 Å². The average Bonchev–Trinajstić information content (AvgIpc) is 2.41. The SMILES string of the molecule is CC1COC(CO)CN1Cc1ccc(C(=O)O)c(F)c1. The molecule has 2 unspecified atom stereocenters. The second-order valence-electron chi connectivity index (χ2n) is 5.04. The van der Waals surface area contributed by atoms with Gasteiger partial charge in [-0.05, 0) is 24.6 Å². The zero-order valence-corrected chi connectivity index (χ0v) is 11.3. The van der Waals surface area contributed by atoms with E-state index in [-0.39, 0.29) is 24.3 Å². The van der Waals surface area contributed by atoms with Crippen LogP contribution in [0.5, 0.6) is 0 Å². The molecule has 0 amide bonds. The normalized spacial score (nSPS) is 23.8. The van der Waals surface area contributed by atoms with Crippen molar-refractivity contribution >= 4 is 5.97 Å². The smallest absolute Gasteiger partial charge is 0.338 e. The molecule has 0 aromatic heterocycles. The minimum atomic E-state index is -1.27. The lowest BCUT2D eigenvalue weighted by molar-refractivity contribution is -0.0805. The summed E-state index contributed by atoms with van der Waals surface area (Å²) in [6, 6.07) is 4.31. The molecule has 1 saturated heterocycles. The summed E-state index contributed by atoms with van der Waals surface area (Å²) in [5, 5.41) is 17.9. The van der Waals surface area contributed by atoms with Crippen LogP contribution in [0.1, 0.15) is 22.8 Å². The van der Waals surface area contributed by atoms with E-state index < -0.39 is 11.8 Å². The highest BCUT2D eigenvalue weighted by Gasteiger charge is 2.25. The van der Waals surface area contributed by atoms with Gasteiger partial charge in [-0.1, -0.05) is 6.07 Å². The molecule has 2 rings (SSSR count). The summed E-state index contributed by atoms with van der Waals surface area (Å²) in [4.78, 5) is 12.8. The van der Waals surface area contributed by atoms with E-state index in [1.165, 1.54) is 12.1 Å². The molecular weight excluding hydrogens is 265 g/mol. The highest BCUT2D eigenvalue weighted by atomic mass is 19.1. The summed E-state index contributed by atoms with van der Waals surface area (Å²) in [5.41, 5.74) is 0.384. The number of hydrogen-bond acceptors (Lipinski definition) is 4. The number of carboxylic acids is 1. The van der Waals surface area contributed by atoms with Gasteiger partial charge in [-0.25, -0.2) is 9.18 Å². The van der Waals surface area contributed by atoms with E-state index in [0.717, 1.165) is 0 Å². The lowest BCUT2D eigenvalue weighted by atomic mass is 10.1.